The number of carbonyl (C=O) groups is 2. The first kappa shape index (κ1) is 22.6. The predicted octanol–water partition coefficient (Wildman–Crippen LogP) is 2.99. The molecule has 0 spiro atoms. The van der Waals surface area contributed by atoms with Gasteiger partial charge in [-0.15, -0.1) is 0 Å². The number of benzene rings is 2. The molecule has 0 saturated carbocycles. The van der Waals surface area contributed by atoms with Gasteiger partial charge in [-0.05, 0) is 47.5 Å². The van der Waals surface area contributed by atoms with Crippen LogP contribution in [0.1, 0.15) is 17.5 Å². The highest BCUT2D eigenvalue weighted by molar-refractivity contribution is 6.10. The number of rotatable bonds is 8. The highest BCUT2D eigenvalue weighted by Crippen LogP contribution is 2.27. The van der Waals surface area contributed by atoms with Crippen molar-refractivity contribution in [3.8, 4) is 23.0 Å². The second-order valence-corrected chi connectivity index (χ2v) is 5.64. The smallest absolute Gasteiger partial charge is 0.163 e. The summed E-state index contributed by atoms with van der Waals surface area (Å²) in [5, 5.41) is 19.1. The normalized spacial score (nSPS) is 10.6. The second-order valence-electron chi connectivity index (χ2n) is 5.64. The molecule has 2 aromatic rings. The van der Waals surface area contributed by atoms with E-state index in [0.29, 0.717) is 22.6 Å². The van der Waals surface area contributed by atoms with Crippen molar-refractivity contribution in [2.75, 3.05) is 14.2 Å². The molecule has 0 unspecified atom stereocenters. The molecular formula is C21H20BO6. The van der Waals surface area contributed by atoms with Crippen LogP contribution in [0.25, 0.3) is 12.2 Å². The zero-order valence-electron chi connectivity index (χ0n) is 15.6. The highest BCUT2D eigenvalue weighted by Gasteiger charge is 2.06. The Morgan fingerprint density at radius 3 is 1.57 bits per heavy atom. The Morgan fingerprint density at radius 1 is 0.821 bits per heavy atom. The van der Waals surface area contributed by atoms with Gasteiger partial charge in [-0.2, -0.15) is 0 Å². The van der Waals surface area contributed by atoms with Crippen molar-refractivity contribution in [2.45, 2.75) is 6.42 Å². The Bertz CT molecular complexity index is 828. The first-order chi connectivity index (χ1) is 12.9. The molecule has 0 amide bonds. The number of ketones is 2. The number of allylic oxidation sites excluding steroid dienone is 2. The average Bonchev–Trinajstić information content (AvgIpc) is 2.66. The molecule has 2 rings (SSSR count). The number of phenolic OH excluding ortho intramolecular Hbond substituents is 2. The second kappa shape index (κ2) is 10.6. The van der Waals surface area contributed by atoms with Gasteiger partial charge >= 0.3 is 0 Å². The maximum Gasteiger partial charge on any atom is 0.163 e. The zero-order valence-corrected chi connectivity index (χ0v) is 15.6. The lowest BCUT2D eigenvalue weighted by molar-refractivity contribution is -0.121. The third-order valence-electron chi connectivity index (χ3n) is 3.68. The molecule has 6 nitrogen and oxygen atoms in total. The third-order valence-corrected chi connectivity index (χ3v) is 3.68. The van der Waals surface area contributed by atoms with E-state index in [1.807, 2.05) is 0 Å². The van der Waals surface area contributed by atoms with Crippen molar-refractivity contribution in [1.82, 2.24) is 0 Å². The number of carbonyl (C=O) groups excluding carboxylic acids is 2. The van der Waals surface area contributed by atoms with E-state index in [0.717, 1.165) is 0 Å². The van der Waals surface area contributed by atoms with Gasteiger partial charge in [-0.1, -0.05) is 24.3 Å². The average molecular weight is 379 g/mol. The molecule has 2 N–H and O–H groups in total. The van der Waals surface area contributed by atoms with Crippen LogP contribution in [0.15, 0.2) is 48.6 Å². The number of ether oxygens (including phenoxy) is 2. The van der Waals surface area contributed by atoms with Crippen LogP contribution < -0.4 is 9.47 Å². The summed E-state index contributed by atoms with van der Waals surface area (Å²) in [5.41, 5.74) is 1.33. The van der Waals surface area contributed by atoms with Crippen LogP contribution in [0.5, 0.6) is 23.0 Å². The van der Waals surface area contributed by atoms with Gasteiger partial charge in [0.15, 0.2) is 34.6 Å². The Balaban J connectivity index is 0.00000392. The summed E-state index contributed by atoms with van der Waals surface area (Å²) in [5.74, 6) is -0.0832. The Morgan fingerprint density at radius 2 is 1.21 bits per heavy atom. The van der Waals surface area contributed by atoms with E-state index in [-0.39, 0.29) is 37.9 Å². The predicted molar refractivity (Wildman–Crippen MR) is 108 cm³/mol. The lowest BCUT2D eigenvalue weighted by Gasteiger charge is -2.03. The van der Waals surface area contributed by atoms with E-state index in [1.54, 1.807) is 36.4 Å². The summed E-state index contributed by atoms with van der Waals surface area (Å²) >= 11 is 0. The minimum Gasteiger partial charge on any atom is -0.504 e. The first-order valence-electron chi connectivity index (χ1n) is 8.08. The molecule has 0 aromatic heterocycles. The monoisotopic (exact) mass is 379 g/mol. The van der Waals surface area contributed by atoms with Crippen molar-refractivity contribution in [2.24, 2.45) is 0 Å². The van der Waals surface area contributed by atoms with Crippen LogP contribution in [-0.2, 0) is 9.59 Å². The number of hydrogen-bond acceptors (Lipinski definition) is 6. The number of aromatic hydroxyl groups is 2. The van der Waals surface area contributed by atoms with Crippen LogP contribution in [-0.4, -0.2) is 44.4 Å². The fourth-order valence-corrected chi connectivity index (χ4v) is 2.26. The van der Waals surface area contributed by atoms with Gasteiger partial charge in [-0.25, -0.2) is 0 Å². The van der Waals surface area contributed by atoms with Gasteiger partial charge in [-0.3, -0.25) is 9.59 Å². The molecule has 0 saturated heterocycles. The van der Waals surface area contributed by atoms with Gasteiger partial charge < -0.3 is 19.7 Å². The molecule has 0 aliphatic heterocycles. The van der Waals surface area contributed by atoms with Crippen LogP contribution in [0.3, 0.4) is 0 Å². The van der Waals surface area contributed by atoms with E-state index in [2.05, 4.69) is 0 Å². The van der Waals surface area contributed by atoms with E-state index < -0.39 is 0 Å². The van der Waals surface area contributed by atoms with Gasteiger partial charge in [0.25, 0.3) is 0 Å². The topological polar surface area (TPSA) is 93.1 Å². The van der Waals surface area contributed by atoms with Crippen molar-refractivity contribution < 1.29 is 29.3 Å². The summed E-state index contributed by atoms with van der Waals surface area (Å²) in [6.45, 7) is 0. The summed E-state index contributed by atoms with van der Waals surface area (Å²) in [6, 6.07) is 9.34. The van der Waals surface area contributed by atoms with Crippen LogP contribution in [0.4, 0.5) is 0 Å². The molecule has 3 radical (unpaired) electrons. The van der Waals surface area contributed by atoms with Gasteiger partial charge in [0.1, 0.15) is 0 Å². The molecule has 7 heteroatoms. The molecule has 0 aliphatic rings. The molecule has 143 valence electrons. The fraction of sp³-hybridized carbons (Fsp3) is 0.143. The van der Waals surface area contributed by atoms with Crippen LogP contribution in [0, 0.1) is 0 Å². The van der Waals surface area contributed by atoms with Crippen LogP contribution in [0.2, 0.25) is 0 Å². The zero-order chi connectivity index (χ0) is 19.8. The summed E-state index contributed by atoms with van der Waals surface area (Å²) < 4.78 is 10.00. The maximum atomic E-state index is 11.9. The highest BCUT2D eigenvalue weighted by atomic mass is 16.5. The summed E-state index contributed by atoms with van der Waals surface area (Å²) in [7, 11) is 2.87. The minimum atomic E-state index is -0.347. The van der Waals surface area contributed by atoms with Gasteiger partial charge in [0, 0.05) is 8.41 Å². The molecule has 0 bridgehead atoms. The van der Waals surface area contributed by atoms with E-state index in [1.165, 1.54) is 38.5 Å². The molecule has 2 aromatic carbocycles. The quantitative estimate of drug-likeness (QED) is 0.416. The lowest BCUT2D eigenvalue weighted by Crippen LogP contribution is -2.01. The van der Waals surface area contributed by atoms with Gasteiger partial charge in [0.05, 0.1) is 20.6 Å². The van der Waals surface area contributed by atoms with Crippen molar-refractivity contribution in [3.05, 3.63) is 59.7 Å². The summed E-state index contributed by atoms with van der Waals surface area (Å²) in [6.07, 6.45) is 5.44. The molecule has 0 fully saturated rings. The van der Waals surface area contributed by atoms with Crippen molar-refractivity contribution >= 4 is 32.1 Å². The number of hydrogen-bond donors (Lipinski definition) is 2. The molecule has 0 aliphatic carbocycles. The lowest BCUT2D eigenvalue weighted by atomic mass is 10.1. The number of methoxy groups -OCH3 is 2. The standard InChI is InChI=1S/C21H20O6.B/c1-26-20-11-14(5-9-18(20)24)3-7-16(22)13-17(23)8-4-15-6-10-19(25)21(12-15)27-2;/h3-12,24-25H,13H2,1-2H3;/b7-3+,8-4+;. The van der Waals surface area contributed by atoms with Crippen molar-refractivity contribution in [1.29, 1.82) is 0 Å². The maximum absolute atomic E-state index is 11.9. The minimum absolute atomic E-state index is 0. The Labute approximate surface area is 165 Å². The van der Waals surface area contributed by atoms with E-state index >= 15 is 0 Å². The number of phenols is 2. The SMILES string of the molecule is COc1cc(/C=C/C(=O)CC(=O)/C=C/c2ccc(O)c(OC)c2)ccc1O.[B]. The molecular weight excluding hydrogens is 359 g/mol. The van der Waals surface area contributed by atoms with Crippen LogP contribution >= 0.6 is 0 Å². The van der Waals surface area contributed by atoms with Gasteiger partial charge in [0.2, 0.25) is 0 Å². The molecule has 28 heavy (non-hydrogen) atoms. The summed E-state index contributed by atoms with van der Waals surface area (Å²) in [4.78, 5) is 23.9. The fourth-order valence-electron chi connectivity index (χ4n) is 2.26. The third kappa shape index (κ3) is 6.35. The van der Waals surface area contributed by atoms with E-state index in [4.69, 9.17) is 9.47 Å². The Kier molecular flexibility index (Phi) is 8.56. The van der Waals surface area contributed by atoms with Crippen molar-refractivity contribution in [3.63, 3.8) is 0 Å². The van der Waals surface area contributed by atoms with E-state index in [9.17, 15) is 19.8 Å². The molecule has 0 heterocycles. The first-order valence-corrected chi connectivity index (χ1v) is 8.08. The Hall–Kier alpha value is -3.48. The molecule has 0 atom stereocenters. The largest absolute Gasteiger partial charge is 0.504 e.